The average Bonchev–Trinajstić information content (AvgIpc) is 2.49. The van der Waals surface area contributed by atoms with Gasteiger partial charge in [0.05, 0.1) is 14.2 Å². The molecule has 186 valence electrons. The number of phenols is 1. The van der Waals surface area contributed by atoms with Crippen molar-refractivity contribution < 1.29 is 27.6 Å². The Morgan fingerprint density at radius 3 is 1.72 bits per heavy atom. The maximum Gasteiger partial charge on any atom is 0.298 e. The Kier molecular flexibility index (Phi) is 8.40. The first-order chi connectivity index (χ1) is 14.2. The summed E-state index contributed by atoms with van der Waals surface area (Å²) in [7, 11) is -1.84. The Morgan fingerprint density at radius 1 is 0.906 bits per heavy atom. The summed E-state index contributed by atoms with van der Waals surface area (Å²) in [5, 5.41) is 11.0. The van der Waals surface area contributed by atoms with Crippen LogP contribution in [-0.2, 0) is 10.1 Å². The van der Waals surface area contributed by atoms with Crippen LogP contribution in [0.1, 0.15) is 92.2 Å². The van der Waals surface area contributed by atoms with Gasteiger partial charge in [-0.05, 0) is 41.9 Å². The zero-order valence-corrected chi connectivity index (χ0v) is 22.8. The Morgan fingerprint density at radius 2 is 1.38 bits per heavy atom. The predicted octanol–water partition coefficient (Wildman–Crippen LogP) is 6.58. The molecular formula is C25H44O6S. The molecule has 2 N–H and O–H groups in total. The lowest BCUT2D eigenvalue weighted by molar-refractivity contribution is 0.0751. The van der Waals surface area contributed by atoms with Crippen LogP contribution in [0.15, 0.2) is 4.90 Å². The summed E-state index contributed by atoms with van der Waals surface area (Å²) in [6, 6.07) is 0. The maximum absolute atomic E-state index is 12.1. The third-order valence-electron chi connectivity index (χ3n) is 6.04. The zero-order chi connectivity index (χ0) is 25.4. The second-order valence-electron chi connectivity index (χ2n) is 12.0. The van der Waals surface area contributed by atoms with E-state index in [1.807, 2.05) is 0 Å². The summed E-state index contributed by atoms with van der Waals surface area (Å²) in [5.74, 6) is 0.0310. The first-order valence-electron chi connectivity index (χ1n) is 11.2. The lowest BCUT2D eigenvalue weighted by atomic mass is 9.56. The standard InChI is InChI=1S/C25H44O6S/c1-15(2)13-24(7,8)22(25(9,10)14-23(4,5)6)17-19(30-11)16(3)21(32(27,28)29)18(26)20(17)31-12/h15,22,26H,13-14H2,1-12H3,(H,27,28,29). The first kappa shape index (κ1) is 28.6. The molecule has 1 aromatic carbocycles. The van der Waals surface area contributed by atoms with E-state index in [0.717, 1.165) is 12.8 Å². The fraction of sp³-hybridized carbons (Fsp3) is 0.760. The van der Waals surface area contributed by atoms with E-state index in [4.69, 9.17) is 9.47 Å². The SMILES string of the molecule is COc1c(C)c(S(=O)(=O)O)c(O)c(OC)c1C(C(C)(C)CC(C)C)C(C)(C)CC(C)(C)C. The van der Waals surface area contributed by atoms with Gasteiger partial charge in [0.25, 0.3) is 10.1 Å². The van der Waals surface area contributed by atoms with Crippen LogP contribution in [0.3, 0.4) is 0 Å². The molecule has 0 spiro atoms. The summed E-state index contributed by atoms with van der Waals surface area (Å²) >= 11 is 0. The van der Waals surface area contributed by atoms with E-state index in [-0.39, 0.29) is 33.5 Å². The fourth-order valence-corrected chi connectivity index (χ4v) is 7.16. The van der Waals surface area contributed by atoms with Crippen molar-refractivity contribution in [1.82, 2.24) is 0 Å². The topological polar surface area (TPSA) is 93.1 Å². The van der Waals surface area contributed by atoms with Gasteiger partial charge in [0, 0.05) is 17.0 Å². The van der Waals surface area contributed by atoms with Crippen molar-refractivity contribution in [1.29, 1.82) is 0 Å². The first-order valence-corrected chi connectivity index (χ1v) is 12.6. The lowest BCUT2D eigenvalue weighted by Crippen LogP contribution is -2.38. The van der Waals surface area contributed by atoms with E-state index in [2.05, 4.69) is 62.3 Å². The van der Waals surface area contributed by atoms with E-state index < -0.39 is 20.8 Å². The smallest absolute Gasteiger partial charge is 0.298 e. The molecule has 7 heteroatoms. The minimum atomic E-state index is -4.70. The summed E-state index contributed by atoms with van der Waals surface area (Å²) < 4.78 is 45.4. The Bertz CT molecular complexity index is 890. The molecule has 0 heterocycles. The van der Waals surface area contributed by atoms with Crippen molar-refractivity contribution in [2.24, 2.45) is 22.2 Å². The van der Waals surface area contributed by atoms with Gasteiger partial charge in [-0.25, -0.2) is 0 Å². The molecule has 0 aliphatic rings. The monoisotopic (exact) mass is 472 g/mol. The highest BCUT2D eigenvalue weighted by Crippen LogP contribution is 2.61. The molecule has 0 saturated carbocycles. The van der Waals surface area contributed by atoms with Crippen molar-refractivity contribution in [3.63, 3.8) is 0 Å². The van der Waals surface area contributed by atoms with Crippen molar-refractivity contribution in [2.45, 2.75) is 92.9 Å². The number of methoxy groups -OCH3 is 2. The number of benzene rings is 1. The molecule has 1 unspecified atom stereocenters. The normalized spacial score (nSPS) is 14.6. The fourth-order valence-electron chi connectivity index (χ4n) is 6.34. The zero-order valence-electron chi connectivity index (χ0n) is 22.0. The Labute approximate surface area is 195 Å². The van der Waals surface area contributed by atoms with Gasteiger partial charge in [-0.1, -0.05) is 62.3 Å². The number of rotatable bonds is 9. The van der Waals surface area contributed by atoms with Gasteiger partial charge >= 0.3 is 0 Å². The second kappa shape index (κ2) is 9.41. The lowest BCUT2D eigenvalue weighted by Gasteiger charge is -2.49. The van der Waals surface area contributed by atoms with Crippen LogP contribution in [0, 0.1) is 29.1 Å². The molecule has 1 aromatic rings. The second-order valence-corrected chi connectivity index (χ2v) is 13.4. The van der Waals surface area contributed by atoms with Gasteiger partial charge in [-0.2, -0.15) is 8.42 Å². The largest absolute Gasteiger partial charge is 0.503 e. The van der Waals surface area contributed by atoms with E-state index in [1.165, 1.54) is 21.1 Å². The van der Waals surface area contributed by atoms with E-state index in [1.54, 1.807) is 0 Å². The maximum atomic E-state index is 12.1. The van der Waals surface area contributed by atoms with Crippen LogP contribution in [0.25, 0.3) is 0 Å². The highest BCUT2D eigenvalue weighted by molar-refractivity contribution is 7.86. The molecule has 0 radical (unpaired) electrons. The van der Waals surface area contributed by atoms with Gasteiger partial charge in [0.2, 0.25) is 0 Å². The molecule has 0 saturated heterocycles. The number of aromatic hydroxyl groups is 1. The molecule has 0 aliphatic heterocycles. The Balaban J connectivity index is 4.20. The Hall–Kier alpha value is -1.47. The number of phenolic OH excluding ortho intramolecular Hbond substituents is 1. The van der Waals surface area contributed by atoms with Crippen LogP contribution in [0.4, 0.5) is 0 Å². The number of ether oxygens (including phenoxy) is 2. The third-order valence-corrected chi connectivity index (χ3v) is 7.05. The number of hydrogen-bond donors (Lipinski definition) is 2. The van der Waals surface area contributed by atoms with Crippen LogP contribution in [0.5, 0.6) is 17.2 Å². The third kappa shape index (κ3) is 6.10. The van der Waals surface area contributed by atoms with E-state index in [9.17, 15) is 18.1 Å². The van der Waals surface area contributed by atoms with E-state index in [0.29, 0.717) is 17.2 Å². The van der Waals surface area contributed by atoms with Crippen LogP contribution >= 0.6 is 0 Å². The van der Waals surface area contributed by atoms with Crippen molar-refractivity contribution in [2.75, 3.05) is 14.2 Å². The predicted molar refractivity (Wildman–Crippen MR) is 130 cm³/mol. The van der Waals surface area contributed by atoms with Gasteiger partial charge in [0.1, 0.15) is 10.6 Å². The molecule has 1 atom stereocenters. The summed E-state index contributed by atoms with van der Waals surface area (Å²) in [6.07, 6.45) is 1.77. The molecule has 0 amide bonds. The van der Waals surface area contributed by atoms with Crippen LogP contribution in [-0.4, -0.2) is 32.3 Å². The van der Waals surface area contributed by atoms with Crippen molar-refractivity contribution >= 4 is 10.1 Å². The molecule has 32 heavy (non-hydrogen) atoms. The van der Waals surface area contributed by atoms with Gasteiger partial charge in [-0.15, -0.1) is 0 Å². The van der Waals surface area contributed by atoms with Gasteiger partial charge in [0.15, 0.2) is 11.5 Å². The molecule has 0 aromatic heterocycles. The molecule has 1 rings (SSSR count). The average molecular weight is 473 g/mol. The minimum absolute atomic E-state index is 0.0294. The molecular weight excluding hydrogens is 428 g/mol. The van der Waals surface area contributed by atoms with Crippen molar-refractivity contribution in [3.05, 3.63) is 11.1 Å². The molecule has 0 aliphatic carbocycles. The van der Waals surface area contributed by atoms with Crippen LogP contribution in [0.2, 0.25) is 0 Å². The quantitative estimate of drug-likeness (QED) is 0.394. The van der Waals surface area contributed by atoms with Crippen molar-refractivity contribution in [3.8, 4) is 17.2 Å². The molecule has 6 nitrogen and oxygen atoms in total. The van der Waals surface area contributed by atoms with Gasteiger partial charge < -0.3 is 14.6 Å². The molecule has 0 fully saturated rings. The van der Waals surface area contributed by atoms with Gasteiger partial charge in [-0.3, -0.25) is 4.55 Å². The molecule has 0 bridgehead atoms. The highest BCUT2D eigenvalue weighted by atomic mass is 32.2. The number of hydrogen-bond acceptors (Lipinski definition) is 5. The summed E-state index contributed by atoms with van der Waals surface area (Å²) in [6.45, 7) is 21.3. The minimum Gasteiger partial charge on any atom is -0.503 e. The highest BCUT2D eigenvalue weighted by Gasteiger charge is 2.47. The van der Waals surface area contributed by atoms with Crippen LogP contribution < -0.4 is 9.47 Å². The summed E-state index contributed by atoms with van der Waals surface area (Å²) in [4.78, 5) is -0.580. The van der Waals surface area contributed by atoms with E-state index >= 15 is 0 Å². The summed E-state index contributed by atoms with van der Waals surface area (Å²) in [5.41, 5.74) is 0.316.